The molecule has 0 saturated heterocycles. The highest BCUT2D eigenvalue weighted by Crippen LogP contribution is 2.34. The maximum atomic E-state index is 12.8. The number of carbonyl (C=O) groups is 2. The van der Waals surface area contributed by atoms with Crippen LogP contribution in [0.4, 0.5) is 0 Å². The molecule has 4 rings (SSSR count). The van der Waals surface area contributed by atoms with E-state index in [1.807, 2.05) is 13.8 Å². The number of pyridine rings is 1. The van der Waals surface area contributed by atoms with Gasteiger partial charge in [-0.05, 0) is 51.5 Å². The normalized spacial score (nSPS) is 22.0. The molecule has 0 bridgehead atoms. The SMILES string of the molecule is Cc1cc(C(=O)NC2CC(N(CC(=O)O)CC3CC3)C2)c2c(C)[nH]nc2n1. The number of nitrogens with zero attached hydrogens (tertiary/aromatic N) is 3. The number of aryl methyl sites for hydroxylation is 2. The first kappa shape index (κ1) is 17.9. The molecule has 0 aromatic carbocycles. The molecule has 0 unspecified atom stereocenters. The molecule has 0 aliphatic heterocycles. The Labute approximate surface area is 157 Å². The van der Waals surface area contributed by atoms with Crippen LogP contribution in [0.3, 0.4) is 0 Å². The van der Waals surface area contributed by atoms with Crippen LogP contribution < -0.4 is 5.32 Å². The lowest BCUT2D eigenvalue weighted by atomic mass is 9.85. The Morgan fingerprint density at radius 1 is 1.33 bits per heavy atom. The maximum absolute atomic E-state index is 12.8. The summed E-state index contributed by atoms with van der Waals surface area (Å²) in [6, 6.07) is 2.11. The zero-order valence-electron chi connectivity index (χ0n) is 15.7. The van der Waals surface area contributed by atoms with Crippen molar-refractivity contribution in [3.63, 3.8) is 0 Å². The monoisotopic (exact) mass is 371 g/mol. The molecule has 1 amide bonds. The highest BCUT2D eigenvalue weighted by atomic mass is 16.4. The molecule has 0 spiro atoms. The van der Waals surface area contributed by atoms with E-state index in [2.05, 4.69) is 25.4 Å². The molecule has 2 aromatic rings. The number of carbonyl (C=O) groups excluding carboxylic acids is 1. The molecule has 2 aliphatic carbocycles. The summed E-state index contributed by atoms with van der Waals surface area (Å²) in [5.74, 6) is -0.256. The van der Waals surface area contributed by atoms with Crippen molar-refractivity contribution >= 4 is 22.9 Å². The second-order valence-corrected chi connectivity index (χ2v) is 7.92. The third-order valence-corrected chi connectivity index (χ3v) is 5.57. The Hall–Kier alpha value is -2.48. The van der Waals surface area contributed by atoms with Crippen molar-refractivity contribution in [1.29, 1.82) is 0 Å². The third kappa shape index (κ3) is 3.80. The predicted octanol–water partition coefficient (Wildman–Crippen LogP) is 1.63. The van der Waals surface area contributed by atoms with Crippen LogP contribution in [-0.2, 0) is 4.79 Å². The summed E-state index contributed by atoms with van der Waals surface area (Å²) in [6.07, 6.45) is 3.99. The molecule has 8 heteroatoms. The third-order valence-electron chi connectivity index (χ3n) is 5.57. The zero-order chi connectivity index (χ0) is 19.1. The van der Waals surface area contributed by atoms with Gasteiger partial charge in [0.2, 0.25) is 0 Å². The summed E-state index contributed by atoms with van der Waals surface area (Å²) in [7, 11) is 0. The number of hydrogen-bond donors (Lipinski definition) is 3. The number of nitrogens with one attached hydrogen (secondary N) is 2. The number of H-pyrrole nitrogens is 1. The quantitative estimate of drug-likeness (QED) is 0.682. The molecule has 2 saturated carbocycles. The Kier molecular flexibility index (Phi) is 4.59. The highest BCUT2D eigenvalue weighted by molar-refractivity contribution is 6.06. The van der Waals surface area contributed by atoms with Gasteiger partial charge in [-0.1, -0.05) is 0 Å². The van der Waals surface area contributed by atoms with Crippen molar-refractivity contribution in [3.05, 3.63) is 23.0 Å². The largest absolute Gasteiger partial charge is 0.480 e. The van der Waals surface area contributed by atoms with Crippen LogP contribution in [0.2, 0.25) is 0 Å². The van der Waals surface area contributed by atoms with Crippen molar-refractivity contribution < 1.29 is 14.7 Å². The molecule has 0 atom stereocenters. The van der Waals surface area contributed by atoms with E-state index in [1.165, 1.54) is 12.8 Å². The standard InChI is InChI=1S/C19H25N5O3/c1-10-5-15(17-11(2)22-23-18(17)20-10)19(27)21-13-6-14(7-13)24(9-16(25)26)8-12-3-4-12/h5,12-14H,3-4,6-9H2,1-2H3,(H,21,27)(H,25,26)(H,20,22,23). The lowest BCUT2D eigenvalue weighted by Crippen LogP contribution is -2.55. The van der Waals surface area contributed by atoms with E-state index in [4.69, 9.17) is 5.11 Å². The van der Waals surface area contributed by atoms with Gasteiger partial charge in [0.15, 0.2) is 5.65 Å². The van der Waals surface area contributed by atoms with Crippen LogP contribution in [0.1, 0.15) is 47.4 Å². The van der Waals surface area contributed by atoms with Crippen LogP contribution in [0.5, 0.6) is 0 Å². The summed E-state index contributed by atoms with van der Waals surface area (Å²) in [6.45, 7) is 4.67. The minimum Gasteiger partial charge on any atom is -0.480 e. The zero-order valence-corrected chi connectivity index (χ0v) is 15.7. The summed E-state index contributed by atoms with van der Waals surface area (Å²) in [4.78, 5) is 30.4. The minimum absolute atomic E-state index is 0.0775. The summed E-state index contributed by atoms with van der Waals surface area (Å²) in [5.41, 5.74) is 2.72. The Balaban J connectivity index is 1.40. The average Bonchev–Trinajstić information content (AvgIpc) is 3.30. The summed E-state index contributed by atoms with van der Waals surface area (Å²) in [5, 5.41) is 20.0. The van der Waals surface area contributed by atoms with Gasteiger partial charge in [0, 0.05) is 30.0 Å². The van der Waals surface area contributed by atoms with Gasteiger partial charge in [-0.2, -0.15) is 5.10 Å². The number of aliphatic carboxylic acids is 1. The Morgan fingerprint density at radius 2 is 2.07 bits per heavy atom. The van der Waals surface area contributed by atoms with Gasteiger partial charge in [-0.3, -0.25) is 19.6 Å². The van der Waals surface area contributed by atoms with Crippen molar-refractivity contribution in [2.24, 2.45) is 5.92 Å². The maximum Gasteiger partial charge on any atom is 0.317 e. The predicted molar refractivity (Wildman–Crippen MR) is 99.6 cm³/mol. The molecular formula is C19H25N5O3. The van der Waals surface area contributed by atoms with Gasteiger partial charge in [-0.25, -0.2) is 4.98 Å². The smallest absolute Gasteiger partial charge is 0.317 e. The van der Waals surface area contributed by atoms with E-state index in [-0.39, 0.29) is 24.5 Å². The number of amides is 1. The number of aromatic amines is 1. The van der Waals surface area contributed by atoms with E-state index < -0.39 is 5.97 Å². The molecule has 2 aliphatic rings. The Bertz CT molecular complexity index is 883. The van der Waals surface area contributed by atoms with E-state index in [1.54, 1.807) is 6.07 Å². The average molecular weight is 371 g/mol. The molecule has 8 nitrogen and oxygen atoms in total. The number of rotatable bonds is 7. The summed E-state index contributed by atoms with van der Waals surface area (Å²) >= 11 is 0. The summed E-state index contributed by atoms with van der Waals surface area (Å²) < 4.78 is 0. The number of hydrogen-bond acceptors (Lipinski definition) is 5. The van der Waals surface area contributed by atoms with Gasteiger partial charge in [0.05, 0.1) is 17.5 Å². The number of fused-ring (bicyclic) bond motifs is 1. The van der Waals surface area contributed by atoms with Crippen LogP contribution in [-0.4, -0.2) is 62.2 Å². The van der Waals surface area contributed by atoms with Crippen LogP contribution in [0, 0.1) is 19.8 Å². The first-order valence-electron chi connectivity index (χ1n) is 9.49. The van der Waals surface area contributed by atoms with Crippen molar-refractivity contribution in [1.82, 2.24) is 25.4 Å². The van der Waals surface area contributed by atoms with E-state index in [9.17, 15) is 9.59 Å². The number of carboxylic acid groups (broad SMARTS) is 1. The van der Waals surface area contributed by atoms with Gasteiger partial charge in [0.1, 0.15) is 0 Å². The van der Waals surface area contributed by atoms with Crippen molar-refractivity contribution in [2.45, 2.75) is 51.6 Å². The number of carboxylic acids is 1. The number of aromatic nitrogens is 3. The first-order chi connectivity index (χ1) is 12.9. The van der Waals surface area contributed by atoms with E-state index in [0.717, 1.165) is 36.2 Å². The molecule has 2 fully saturated rings. The lowest BCUT2D eigenvalue weighted by molar-refractivity contribution is -0.139. The van der Waals surface area contributed by atoms with Gasteiger partial charge < -0.3 is 10.4 Å². The Morgan fingerprint density at radius 3 is 2.74 bits per heavy atom. The molecule has 27 heavy (non-hydrogen) atoms. The highest BCUT2D eigenvalue weighted by Gasteiger charge is 2.38. The molecule has 2 aromatic heterocycles. The molecule has 3 N–H and O–H groups in total. The van der Waals surface area contributed by atoms with Crippen molar-refractivity contribution in [3.8, 4) is 0 Å². The second-order valence-electron chi connectivity index (χ2n) is 7.92. The second kappa shape index (κ2) is 6.92. The molecular weight excluding hydrogens is 346 g/mol. The van der Waals surface area contributed by atoms with E-state index >= 15 is 0 Å². The minimum atomic E-state index is -0.784. The van der Waals surface area contributed by atoms with Crippen LogP contribution in [0.25, 0.3) is 11.0 Å². The molecule has 144 valence electrons. The fourth-order valence-electron chi connectivity index (χ4n) is 3.89. The van der Waals surface area contributed by atoms with Crippen molar-refractivity contribution in [2.75, 3.05) is 13.1 Å². The topological polar surface area (TPSA) is 111 Å². The first-order valence-corrected chi connectivity index (χ1v) is 9.49. The van der Waals surface area contributed by atoms with Gasteiger partial charge >= 0.3 is 5.97 Å². The fourth-order valence-corrected chi connectivity index (χ4v) is 3.89. The molecule has 2 heterocycles. The lowest BCUT2D eigenvalue weighted by Gasteiger charge is -2.42. The molecule has 0 radical (unpaired) electrons. The fraction of sp³-hybridized carbons (Fsp3) is 0.579. The van der Waals surface area contributed by atoms with Crippen LogP contribution >= 0.6 is 0 Å². The van der Waals surface area contributed by atoms with E-state index in [0.29, 0.717) is 17.1 Å². The van der Waals surface area contributed by atoms with Gasteiger partial charge in [0.25, 0.3) is 5.91 Å². The van der Waals surface area contributed by atoms with Crippen LogP contribution in [0.15, 0.2) is 6.07 Å². The van der Waals surface area contributed by atoms with Gasteiger partial charge in [-0.15, -0.1) is 0 Å².